The average Bonchev–Trinajstić information content (AvgIpc) is 3.16. The first-order valence-electron chi connectivity index (χ1n) is 8.36. The first kappa shape index (κ1) is 19.2. The average molecular weight is 403 g/mol. The highest BCUT2D eigenvalue weighted by molar-refractivity contribution is 7.13. The van der Waals surface area contributed by atoms with Gasteiger partial charge in [0.05, 0.1) is 25.6 Å². The number of rotatable bonds is 8. The second kappa shape index (κ2) is 9.39. The van der Waals surface area contributed by atoms with Gasteiger partial charge in [-0.25, -0.2) is 4.98 Å². The van der Waals surface area contributed by atoms with Crippen molar-refractivity contribution < 1.29 is 14.3 Å². The monoisotopic (exact) mass is 402 g/mol. The molecule has 0 atom stereocenters. The smallest absolute Gasteiger partial charge is 0.161 e. The zero-order valence-corrected chi connectivity index (χ0v) is 16.6. The molecular formula is C20H19ClN2O3S. The summed E-state index contributed by atoms with van der Waals surface area (Å²) in [6, 6.07) is 13.2. The van der Waals surface area contributed by atoms with Gasteiger partial charge in [-0.05, 0) is 37.3 Å². The number of methoxy groups -OCH3 is 1. The molecule has 0 aliphatic carbocycles. The molecule has 0 aliphatic rings. The van der Waals surface area contributed by atoms with Crippen molar-refractivity contribution >= 4 is 29.2 Å². The van der Waals surface area contributed by atoms with Gasteiger partial charge in [0.15, 0.2) is 18.1 Å². The van der Waals surface area contributed by atoms with E-state index in [0.29, 0.717) is 29.7 Å². The number of halogens is 1. The maximum atomic E-state index is 5.91. The van der Waals surface area contributed by atoms with Crippen LogP contribution in [0.4, 0.5) is 0 Å². The van der Waals surface area contributed by atoms with E-state index in [0.717, 1.165) is 21.8 Å². The summed E-state index contributed by atoms with van der Waals surface area (Å²) in [6.07, 6.45) is 1.63. The summed E-state index contributed by atoms with van der Waals surface area (Å²) in [5.41, 5.74) is 2.71. The second-order valence-electron chi connectivity index (χ2n) is 5.50. The highest BCUT2D eigenvalue weighted by atomic mass is 35.5. The summed E-state index contributed by atoms with van der Waals surface area (Å²) in [4.78, 5) is 9.92. The molecule has 1 aromatic heterocycles. The quantitative estimate of drug-likeness (QED) is 0.373. The molecule has 5 nitrogen and oxygen atoms in total. The van der Waals surface area contributed by atoms with Crippen molar-refractivity contribution in [2.24, 2.45) is 5.16 Å². The van der Waals surface area contributed by atoms with Crippen LogP contribution < -0.4 is 9.47 Å². The van der Waals surface area contributed by atoms with Crippen LogP contribution in [0.3, 0.4) is 0 Å². The number of aromatic nitrogens is 1. The molecule has 140 valence electrons. The largest absolute Gasteiger partial charge is 0.493 e. The molecule has 27 heavy (non-hydrogen) atoms. The third-order valence-corrected chi connectivity index (χ3v) is 4.81. The van der Waals surface area contributed by atoms with Gasteiger partial charge in [-0.15, -0.1) is 11.3 Å². The fourth-order valence-electron chi connectivity index (χ4n) is 2.34. The van der Waals surface area contributed by atoms with Crippen molar-refractivity contribution in [3.63, 3.8) is 0 Å². The van der Waals surface area contributed by atoms with Crippen molar-refractivity contribution in [3.05, 3.63) is 64.1 Å². The lowest BCUT2D eigenvalue weighted by molar-refractivity contribution is 0.130. The predicted molar refractivity (Wildman–Crippen MR) is 109 cm³/mol. The Hall–Kier alpha value is -2.57. The van der Waals surface area contributed by atoms with Crippen LogP contribution in [0.5, 0.6) is 11.5 Å². The molecular weight excluding hydrogens is 384 g/mol. The Balaban J connectivity index is 1.57. The fraction of sp³-hybridized carbons (Fsp3) is 0.200. The Labute approximate surface area is 167 Å². The Morgan fingerprint density at radius 1 is 1.15 bits per heavy atom. The molecule has 0 fully saturated rings. The molecule has 0 amide bonds. The van der Waals surface area contributed by atoms with Gasteiger partial charge in [-0.2, -0.15) is 0 Å². The third kappa shape index (κ3) is 5.21. The molecule has 0 unspecified atom stereocenters. The molecule has 0 bridgehead atoms. The highest BCUT2D eigenvalue weighted by Crippen LogP contribution is 2.28. The minimum atomic E-state index is 0.300. The van der Waals surface area contributed by atoms with Gasteiger partial charge in [-0.3, -0.25) is 0 Å². The summed E-state index contributed by atoms with van der Waals surface area (Å²) in [7, 11) is 1.61. The van der Waals surface area contributed by atoms with Crippen LogP contribution in [0.15, 0.2) is 53.0 Å². The van der Waals surface area contributed by atoms with Crippen molar-refractivity contribution in [1.29, 1.82) is 0 Å². The van der Waals surface area contributed by atoms with E-state index in [1.165, 1.54) is 0 Å². The van der Waals surface area contributed by atoms with Gasteiger partial charge in [-0.1, -0.05) is 28.9 Å². The minimum absolute atomic E-state index is 0.300. The predicted octanol–water partition coefficient (Wildman–Crippen LogP) is 5.42. The van der Waals surface area contributed by atoms with Gasteiger partial charge < -0.3 is 14.3 Å². The lowest BCUT2D eigenvalue weighted by atomic mass is 10.2. The van der Waals surface area contributed by atoms with Crippen LogP contribution in [-0.2, 0) is 11.4 Å². The van der Waals surface area contributed by atoms with E-state index in [1.54, 1.807) is 24.7 Å². The number of oxime groups is 1. The van der Waals surface area contributed by atoms with Crippen molar-refractivity contribution in [2.45, 2.75) is 13.5 Å². The Morgan fingerprint density at radius 2 is 1.96 bits per heavy atom. The molecule has 0 aliphatic heterocycles. The molecule has 3 rings (SSSR count). The van der Waals surface area contributed by atoms with Crippen molar-refractivity contribution in [3.8, 4) is 22.1 Å². The molecule has 1 heterocycles. The minimum Gasteiger partial charge on any atom is -0.493 e. The van der Waals surface area contributed by atoms with Crippen LogP contribution in [-0.4, -0.2) is 24.9 Å². The van der Waals surface area contributed by atoms with Gasteiger partial charge in [0.1, 0.15) is 5.01 Å². The van der Waals surface area contributed by atoms with E-state index < -0.39 is 0 Å². The van der Waals surface area contributed by atoms with Crippen molar-refractivity contribution in [2.75, 3.05) is 13.7 Å². The van der Waals surface area contributed by atoms with Gasteiger partial charge in [0.25, 0.3) is 0 Å². The van der Waals surface area contributed by atoms with Gasteiger partial charge >= 0.3 is 0 Å². The van der Waals surface area contributed by atoms with Crippen LogP contribution in [0.2, 0.25) is 5.02 Å². The van der Waals surface area contributed by atoms with E-state index in [2.05, 4.69) is 10.1 Å². The lowest BCUT2D eigenvalue weighted by Crippen LogP contribution is -1.96. The lowest BCUT2D eigenvalue weighted by Gasteiger charge is -2.09. The number of hydrogen-bond donors (Lipinski definition) is 0. The summed E-state index contributed by atoms with van der Waals surface area (Å²) in [6.45, 7) is 2.81. The standard InChI is InChI=1S/C20H19ClN2O3S/c1-3-25-18-9-4-14(10-19(18)24-2)11-22-26-12-17-13-27-20(23-17)15-5-7-16(21)8-6-15/h4-11,13H,3,12H2,1-2H3/b22-11-. The van der Waals surface area contributed by atoms with Gasteiger partial charge in [0.2, 0.25) is 0 Å². The maximum Gasteiger partial charge on any atom is 0.161 e. The molecule has 7 heteroatoms. The number of benzene rings is 2. The van der Waals surface area contributed by atoms with E-state index >= 15 is 0 Å². The number of thiazole rings is 1. The third-order valence-electron chi connectivity index (χ3n) is 3.62. The zero-order valence-electron chi connectivity index (χ0n) is 15.0. The summed E-state index contributed by atoms with van der Waals surface area (Å²) < 4.78 is 10.8. The maximum absolute atomic E-state index is 5.91. The Bertz CT molecular complexity index is 910. The first-order valence-corrected chi connectivity index (χ1v) is 9.62. The Morgan fingerprint density at radius 3 is 2.70 bits per heavy atom. The Kier molecular flexibility index (Phi) is 6.68. The molecule has 0 spiro atoms. The number of nitrogens with zero attached hydrogens (tertiary/aromatic N) is 2. The number of ether oxygens (including phenoxy) is 2. The van der Waals surface area contributed by atoms with Crippen LogP contribution >= 0.6 is 22.9 Å². The van der Waals surface area contributed by atoms with E-state index in [4.69, 9.17) is 25.9 Å². The second-order valence-corrected chi connectivity index (χ2v) is 6.80. The van der Waals surface area contributed by atoms with E-state index in [-0.39, 0.29) is 0 Å². The van der Waals surface area contributed by atoms with Crippen LogP contribution in [0.1, 0.15) is 18.2 Å². The topological polar surface area (TPSA) is 52.9 Å². The van der Waals surface area contributed by atoms with Gasteiger partial charge in [0, 0.05) is 21.5 Å². The molecule has 0 saturated heterocycles. The van der Waals surface area contributed by atoms with E-state index in [1.807, 2.05) is 54.8 Å². The normalized spacial score (nSPS) is 10.9. The number of hydrogen-bond acceptors (Lipinski definition) is 6. The molecule has 2 aromatic carbocycles. The fourth-order valence-corrected chi connectivity index (χ4v) is 3.28. The van der Waals surface area contributed by atoms with E-state index in [9.17, 15) is 0 Å². The van der Waals surface area contributed by atoms with Crippen LogP contribution in [0, 0.1) is 0 Å². The molecule has 0 saturated carbocycles. The summed E-state index contributed by atoms with van der Waals surface area (Å²) in [5.74, 6) is 1.36. The van der Waals surface area contributed by atoms with Crippen molar-refractivity contribution in [1.82, 2.24) is 4.98 Å². The first-order chi connectivity index (χ1) is 13.2. The molecule has 0 N–H and O–H groups in total. The SMILES string of the molecule is CCOc1ccc(/C=N\OCc2csc(-c3ccc(Cl)cc3)n2)cc1OC. The highest BCUT2D eigenvalue weighted by Gasteiger charge is 2.06. The van der Waals surface area contributed by atoms with Crippen LogP contribution in [0.25, 0.3) is 10.6 Å². The molecule has 3 aromatic rings. The molecule has 0 radical (unpaired) electrons. The zero-order chi connectivity index (χ0) is 19.1. The summed E-state index contributed by atoms with van der Waals surface area (Å²) >= 11 is 7.47. The summed E-state index contributed by atoms with van der Waals surface area (Å²) in [5, 5.41) is 7.59.